The van der Waals surface area contributed by atoms with Crippen molar-refractivity contribution in [2.45, 2.75) is 12.0 Å². The highest BCUT2D eigenvalue weighted by atomic mass is 35.5. The van der Waals surface area contributed by atoms with Crippen LogP contribution >= 0.6 is 11.6 Å². The minimum Gasteiger partial charge on any atom is -0.297 e. The number of benzene rings is 4. The van der Waals surface area contributed by atoms with Crippen molar-refractivity contribution in [3.8, 4) is 0 Å². The van der Waals surface area contributed by atoms with Crippen molar-refractivity contribution < 1.29 is 4.79 Å². The molecule has 1 aliphatic rings. The Balaban J connectivity index is 1.30. The maximum atomic E-state index is 13.6. The van der Waals surface area contributed by atoms with Crippen LogP contribution in [0.3, 0.4) is 0 Å². The highest BCUT2D eigenvalue weighted by Gasteiger charge is 2.29. The largest absolute Gasteiger partial charge is 0.297 e. The fourth-order valence-corrected chi connectivity index (χ4v) is 5.37. The lowest BCUT2D eigenvalue weighted by molar-refractivity contribution is -0.121. The average molecular weight is 495 g/mol. The van der Waals surface area contributed by atoms with Gasteiger partial charge in [0.25, 0.3) is 0 Å². The molecule has 1 unspecified atom stereocenters. The van der Waals surface area contributed by atoms with Gasteiger partial charge in [0.05, 0.1) is 18.5 Å². The number of piperazine rings is 1. The van der Waals surface area contributed by atoms with Crippen molar-refractivity contribution in [1.82, 2.24) is 9.80 Å². The van der Waals surface area contributed by atoms with Gasteiger partial charge in [0.15, 0.2) is 5.78 Å². The van der Waals surface area contributed by atoms with Crippen LogP contribution in [0.5, 0.6) is 0 Å². The van der Waals surface area contributed by atoms with Gasteiger partial charge in [0, 0.05) is 31.2 Å². The predicted molar refractivity (Wildman–Crippen MR) is 147 cm³/mol. The van der Waals surface area contributed by atoms with Gasteiger partial charge in [-0.3, -0.25) is 14.6 Å². The third-order valence-corrected chi connectivity index (χ3v) is 7.29. The molecule has 4 aromatic carbocycles. The lowest BCUT2D eigenvalue weighted by atomic mass is 9.87. The van der Waals surface area contributed by atoms with E-state index in [2.05, 4.69) is 76.5 Å². The van der Waals surface area contributed by atoms with Crippen LogP contribution in [0.4, 0.5) is 0 Å². The highest BCUT2D eigenvalue weighted by molar-refractivity contribution is 6.30. The number of Topliss-reactive ketones (excluding diaryl/α,β-unsaturated/α-hetero) is 1. The van der Waals surface area contributed by atoms with Crippen LogP contribution in [0.2, 0.25) is 5.02 Å². The first-order valence-electron chi connectivity index (χ1n) is 12.6. The van der Waals surface area contributed by atoms with E-state index in [4.69, 9.17) is 11.6 Å². The zero-order valence-corrected chi connectivity index (χ0v) is 21.1. The minimum atomic E-state index is -0.239. The first-order valence-corrected chi connectivity index (χ1v) is 13.0. The van der Waals surface area contributed by atoms with Crippen molar-refractivity contribution >= 4 is 17.4 Å². The van der Waals surface area contributed by atoms with E-state index < -0.39 is 0 Å². The van der Waals surface area contributed by atoms with Crippen LogP contribution in [0, 0.1) is 0 Å². The fourth-order valence-electron chi connectivity index (χ4n) is 5.24. The fraction of sp³-hybridized carbons (Fsp3) is 0.219. The van der Waals surface area contributed by atoms with E-state index in [-0.39, 0.29) is 17.7 Å². The summed E-state index contributed by atoms with van der Waals surface area (Å²) in [4.78, 5) is 18.5. The molecule has 1 aliphatic heterocycles. The Morgan fingerprint density at radius 3 is 1.56 bits per heavy atom. The number of ketones is 1. The Labute approximate surface area is 219 Å². The molecule has 0 aromatic heterocycles. The number of carbonyl (C=O) groups is 1. The summed E-state index contributed by atoms with van der Waals surface area (Å²) in [5.74, 6) is 0.00900. The summed E-state index contributed by atoms with van der Waals surface area (Å²) >= 11 is 6.18. The van der Waals surface area contributed by atoms with E-state index in [0.717, 1.165) is 42.3 Å². The summed E-state index contributed by atoms with van der Waals surface area (Å²) in [6, 6.07) is 39.3. The Bertz CT molecular complexity index is 1200. The van der Waals surface area contributed by atoms with E-state index in [1.54, 1.807) is 0 Å². The third-order valence-electron chi connectivity index (χ3n) is 7.04. The van der Waals surface area contributed by atoms with Gasteiger partial charge in [-0.1, -0.05) is 115 Å². The lowest BCUT2D eigenvalue weighted by Gasteiger charge is -2.40. The van der Waals surface area contributed by atoms with E-state index >= 15 is 0 Å². The van der Waals surface area contributed by atoms with E-state index in [1.807, 2.05) is 48.5 Å². The van der Waals surface area contributed by atoms with Gasteiger partial charge in [0.2, 0.25) is 0 Å². The van der Waals surface area contributed by atoms with Crippen LogP contribution in [0.15, 0.2) is 115 Å². The van der Waals surface area contributed by atoms with Crippen molar-refractivity contribution in [3.05, 3.63) is 143 Å². The lowest BCUT2D eigenvalue weighted by Crippen LogP contribution is -2.49. The van der Waals surface area contributed by atoms with Crippen LogP contribution in [0.1, 0.15) is 34.2 Å². The van der Waals surface area contributed by atoms with Crippen molar-refractivity contribution in [1.29, 1.82) is 0 Å². The summed E-state index contributed by atoms with van der Waals surface area (Å²) in [6.07, 6.45) is 0. The Morgan fingerprint density at radius 2 is 1.06 bits per heavy atom. The van der Waals surface area contributed by atoms with Gasteiger partial charge in [-0.2, -0.15) is 0 Å². The number of rotatable bonds is 8. The standard InChI is InChI=1S/C32H31ClN2O/c33-29-18-16-28(17-19-29)32(27-14-8-3-9-15-27)35-22-20-34(21-23-35)24-30(36)31(25-10-4-1-5-11-25)26-12-6-2-7-13-26/h1-19,31-32H,20-24H2. The number of carbonyl (C=O) groups excluding carboxylic acids is 1. The molecule has 5 rings (SSSR count). The number of nitrogens with zero attached hydrogens (tertiary/aromatic N) is 2. The summed E-state index contributed by atoms with van der Waals surface area (Å²) in [6.45, 7) is 3.98. The number of hydrogen-bond acceptors (Lipinski definition) is 3. The molecule has 0 saturated carbocycles. The van der Waals surface area contributed by atoms with Gasteiger partial charge in [-0.05, 0) is 34.4 Å². The molecule has 0 bridgehead atoms. The molecule has 1 heterocycles. The zero-order valence-electron chi connectivity index (χ0n) is 20.3. The molecular formula is C32H31ClN2O. The van der Waals surface area contributed by atoms with E-state index in [9.17, 15) is 4.79 Å². The van der Waals surface area contributed by atoms with Crippen molar-refractivity contribution in [2.75, 3.05) is 32.7 Å². The second-order valence-electron chi connectivity index (χ2n) is 9.40. The summed E-state index contributed by atoms with van der Waals surface area (Å²) in [5, 5.41) is 0.750. The Morgan fingerprint density at radius 1 is 0.611 bits per heavy atom. The normalized spacial score (nSPS) is 15.6. The molecule has 36 heavy (non-hydrogen) atoms. The molecule has 3 nitrogen and oxygen atoms in total. The van der Waals surface area contributed by atoms with Crippen LogP contribution in [-0.4, -0.2) is 48.3 Å². The molecule has 1 saturated heterocycles. The SMILES string of the molecule is O=C(CN1CCN(C(c2ccccc2)c2ccc(Cl)cc2)CC1)C(c1ccccc1)c1ccccc1. The Hall–Kier alpha value is -3.24. The van der Waals surface area contributed by atoms with Gasteiger partial charge in [-0.25, -0.2) is 0 Å². The second kappa shape index (κ2) is 11.7. The van der Waals surface area contributed by atoms with Crippen LogP contribution in [-0.2, 0) is 4.79 Å². The minimum absolute atomic E-state index is 0.169. The highest BCUT2D eigenvalue weighted by Crippen LogP contribution is 2.31. The predicted octanol–water partition coefficient (Wildman–Crippen LogP) is 6.45. The van der Waals surface area contributed by atoms with Crippen LogP contribution < -0.4 is 0 Å². The molecule has 0 radical (unpaired) electrons. The monoisotopic (exact) mass is 494 g/mol. The molecular weight excluding hydrogens is 464 g/mol. The second-order valence-corrected chi connectivity index (χ2v) is 9.83. The molecule has 0 N–H and O–H groups in total. The first kappa shape index (κ1) is 24.5. The van der Waals surface area contributed by atoms with Crippen molar-refractivity contribution in [2.24, 2.45) is 0 Å². The van der Waals surface area contributed by atoms with Crippen LogP contribution in [0.25, 0.3) is 0 Å². The Kier molecular flexibility index (Phi) is 7.92. The van der Waals surface area contributed by atoms with Gasteiger partial charge >= 0.3 is 0 Å². The molecule has 0 amide bonds. The molecule has 4 heteroatoms. The van der Waals surface area contributed by atoms with Gasteiger partial charge in [-0.15, -0.1) is 0 Å². The molecule has 1 atom stereocenters. The summed E-state index contributed by atoms with van der Waals surface area (Å²) in [7, 11) is 0. The van der Waals surface area contributed by atoms with Crippen molar-refractivity contribution in [3.63, 3.8) is 0 Å². The first-order chi connectivity index (χ1) is 17.7. The molecule has 0 spiro atoms. The van der Waals surface area contributed by atoms with E-state index in [1.165, 1.54) is 11.1 Å². The number of hydrogen-bond donors (Lipinski definition) is 0. The van der Waals surface area contributed by atoms with Gasteiger partial charge < -0.3 is 0 Å². The molecule has 182 valence electrons. The molecule has 0 aliphatic carbocycles. The third kappa shape index (κ3) is 5.76. The van der Waals surface area contributed by atoms with E-state index in [0.29, 0.717) is 6.54 Å². The maximum absolute atomic E-state index is 13.6. The smallest absolute Gasteiger partial charge is 0.158 e. The average Bonchev–Trinajstić information content (AvgIpc) is 2.93. The topological polar surface area (TPSA) is 23.6 Å². The maximum Gasteiger partial charge on any atom is 0.158 e. The summed E-state index contributed by atoms with van der Waals surface area (Å²) in [5.41, 5.74) is 4.62. The molecule has 1 fully saturated rings. The number of halogens is 1. The zero-order chi connectivity index (χ0) is 24.7. The quantitative estimate of drug-likeness (QED) is 0.281. The summed E-state index contributed by atoms with van der Waals surface area (Å²) < 4.78 is 0. The van der Waals surface area contributed by atoms with Gasteiger partial charge in [0.1, 0.15) is 0 Å². The molecule has 4 aromatic rings.